The summed E-state index contributed by atoms with van der Waals surface area (Å²) < 4.78 is 26.4. The summed E-state index contributed by atoms with van der Waals surface area (Å²) in [5, 5.41) is 12.8. The van der Waals surface area contributed by atoms with Gasteiger partial charge in [-0.2, -0.15) is 0 Å². The number of hydrogen-bond acceptors (Lipinski definition) is 2. The van der Waals surface area contributed by atoms with Gasteiger partial charge in [0, 0.05) is 11.6 Å². The predicted molar refractivity (Wildman–Crippen MR) is 71.1 cm³/mol. The van der Waals surface area contributed by atoms with Crippen LogP contribution >= 0.6 is 0 Å². The molecule has 2 rings (SSSR count). The number of phenolic OH excluding ortho intramolecular Hbond substituents is 1. The first-order valence-electron chi connectivity index (χ1n) is 6.11. The van der Waals surface area contributed by atoms with Crippen LogP contribution in [0.4, 0.5) is 14.5 Å². The molecule has 0 saturated carbocycles. The number of hydrogen-bond donors (Lipinski definition) is 2. The summed E-state index contributed by atoms with van der Waals surface area (Å²) >= 11 is 0. The Morgan fingerprint density at radius 2 is 1.89 bits per heavy atom. The molecule has 100 valence electrons. The van der Waals surface area contributed by atoms with Crippen molar-refractivity contribution < 1.29 is 13.9 Å². The van der Waals surface area contributed by atoms with E-state index in [0.29, 0.717) is 12.0 Å². The van der Waals surface area contributed by atoms with Crippen molar-refractivity contribution in [2.24, 2.45) is 0 Å². The molecule has 0 radical (unpaired) electrons. The normalized spacial score (nSPS) is 12.2. The van der Waals surface area contributed by atoms with Gasteiger partial charge in [-0.25, -0.2) is 8.78 Å². The van der Waals surface area contributed by atoms with Crippen LogP contribution in [0.3, 0.4) is 0 Å². The Labute approximate surface area is 110 Å². The molecular formula is C15H15F2NO. The maximum atomic E-state index is 13.6. The first-order valence-corrected chi connectivity index (χ1v) is 6.11. The van der Waals surface area contributed by atoms with Gasteiger partial charge >= 0.3 is 0 Å². The van der Waals surface area contributed by atoms with Crippen molar-refractivity contribution in [2.75, 3.05) is 5.32 Å². The van der Waals surface area contributed by atoms with E-state index in [-0.39, 0.29) is 17.5 Å². The SMILES string of the molecule is CCC(Nc1ccc(F)cc1F)c1ccccc1O. The van der Waals surface area contributed by atoms with Crippen LogP contribution in [0.15, 0.2) is 42.5 Å². The molecule has 0 saturated heterocycles. The maximum absolute atomic E-state index is 13.6. The van der Waals surface area contributed by atoms with Gasteiger partial charge in [0.15, 0.2) is 0 Å². The number of nitrogens with one attached hydrogen (secondary N) is 1. The minimum absolute atomic E-state index is 0.157. The lowest BCUT2D eigenvalue weighted by Gasteiger charge is -2.20. The Morgan fingerprint density at radius 1 is 1.16 bits per heavy atom. The van der Waals surface area contributed by atoms with Crippen LogP contribution in [-0.2, 0) is 0 Å². The molecule has 0 aliphatic rings. The standard InChI is InChI=1S/C15H15F2NO/c1-2-13(11-5-3-4-6-15(11)19)18-14-8-7-10(16)9-12(14)17/h3-9,13,18-19H,2H2,1H3. The molecule has 19 heavy (non-hydrogen) atoms. The van der Waals surface area contributed by atoms with E-state index in [1.165, 1.54) is 12.1 Å². The highest BCUT2D eigenvalue weighted by atomic mass is 19.1. The molecule has 0 aromatic heterocycles. The molecule has 0 amide bonds. The molecule has 0 spiro atoms. The second kappa shape index (κ2) is 5.69. The fourth-order valence-electron chi connectivity index (χ4n) is 1.98. The van der Waals surface area contributed by atoms with Crippen molar-refractivity contribution in [1.29, 1.82) is 0 Å². The number of phenols is 1. The third-order valence-corrected chi connectivity index (χ3v) is 2.98. The zero-order valence-electron chi connectivity index (χ0n) is 10.5. The van der Waals surface area contributed by atoms with Crippen LogP contribution in [0.1, 0.15) is 24.9 Å². The van der Waals surface area contributed by atoms with E-state index < -0.39 is 11.6 Å². The van der Waals surface area contributed by atoms with Gasteiger partial charge in [-0.3, -0.25) is 0 Å². The van der Waals surface area contributed by atoms with Crippen molar-refractivity contribution in [1.82, 2.24) is 0 Å². The monoisotopic (exact) mass is 263 g/mol. The number of halogens is 2. The van der Waals surface area contributed by atoms with Gasteiger partial charge < -0.3 is 10.4 Å². The summed E-state index contributed by atoms with van der Waals surface area (Å²) in [5.74, 6) is -1.10. The Bertz CT molecular complexity index is 572. The lowest BCUT2D eigenvalue weighted by molar-refractivity contribution is 0.462. The minimum atomic E-state index is -0.645. The first-order chi connectivity index (χ1) is 9.11. The van der Waals surface area contributed by atoms with E-state index in [2.05, 4.69) is 5.32 Å². The van der Waals surface area contributed by atoms with Crippen molar-refractivity contribution in [2.45, 2.75) is 19.4 Å². The van der Waals surface area contributed by atoms with Gasteiger partial charge in [0.1, 0.15) is 17.4 Å². The highest BCUT2D eigenvalue weighted by Crippen LogP contribution is 2.30. The van der Waals surface area contributed by atoms with Crippen LogP contribution in [-0.4, -0.2) is 5.11 Å². The van der Waals surface area contributed by atoms with Gasteiger partial charge in [-0.1, -0.05) is 25.1 Å². The smallest absolute Gasteiger partial charge is 0.149 e. The highest BCUT2D eigenvalue weighted by molar-refractivity contribution is 5.48. The molecule has 0 aliphatic heterocycles. The number of anilines is 1. The topological polar surface area (TPSA) is 32.3 Å². The predicted octanol–water partition coefficient (Wildman–Crippen LogP) is 4.23. The van der Waals surface area contributed by atoms with Crippen LogP contribution in [0, 0.1) is 11.6 Å². The van der Waals surface area contributed by atoms with Crippen molar-refractivity contribution in [3.63, 3.8) is 0 Å². The molecule has 1 atom stereocenters. The van der Waals surface area contributed by atoms with Crippen molar-refractivity contribution in [3.8, 4) is 5.75 Å². The molecule has 2 aromatic rings. The van der Waals surface area contributed by atoms with E-state index in [9.17, 15) is 13.9 Å². The van der Waals surface area contributed by atoms with Crippen LogP contribution in [0.25, 0.3) is 0 Å². The van der Waals surface area contributed by atoms with Crippen LogP contribution in [0.5, 0.6) is 5.75 Å². The van der Waals surface area contributed by atoms with E-state index >= 15 is 0 Å². The van der Waals surface area contributed by atoms with Gasteiger partial charge in [-0.05, 0) is 24.6 Å². The molecule has 0 bridgehead atoms. The van der Waals surface area contributed by atoms with Crippen molar-refractivity contribution in [3.05, 3.63) is 59.7 Å². The lowest BCUT2D eigenvalue weighted by atomic mass is 10.0. The molecule has 2 nitrogen and oxygen atoms in total. The number of aromatic hydroxyl groups is 1. The molecule has 2 N–H and O–H groups in total. The minimum Gasteiger partial charge on any atom is -0.508 e. The molecule has 4 heteroatoms. The molecule has 2 aromatic carbocycles. The Balaban J connectivity index is 2.27. The van der Waals surface area contributed by atoms with E-state index in [0.717, 1.165) is 6.07 Å². The molecule has 0 fully saturated rings. The third-order valence-electron chi connectivity index (χ3n) is 2.98. The summed E-state index contributed by atoms with van der Waals surface area (Å²) in [6, 6.07) is 10.0. The zero-order chi connectivity index (χ0) is 13.8. The Kier molecular flexibility index (Phi) is 4.00. The van der Waals surface area contributed by atoms with Crippen LogP contribution in [0.2, 0.25) is 0 Å². The number of benzene rings is 2. The molecule has 1 unspecified atom stereocenters. The van der Waals surface area contributed by atoms with Gasteiger partial charge in [0.25, 0.3) is 0 Å². The summed E-state index contributed by atoms with van der Waals surface area (Å²) in [4.78, 5) is 0. The van der Waals surface area contributed by atoms with E-state index in [1.54, 1.807) is 24.3 Å². The van der Waals surface area contributed by atoms with Gasteiger partial charge in [0.05, 0.1) is 11.7 Å². The zero-order valence-corrected chi connectivity index (χ0v) is 10.5. The fraction of sp³-hybridized carbons (Fsp3) is 0.200. The maximum Gasteiger partial charge on any atom is 0.149 e. The first kappa shape index (κ1) is 13.3. The second-order valence-electron chi connectivity index (χ2n) is 4.29. The second-order valence-corrected chi connectivity index (χ2v) is 4.29. The molecule has 0 heterocycles. The largest absolute Gasteiger partial charge is 0.508 e. The summed E-state index contributed by atoms with van der Waals surface area (Å²) in [6.07, 6.45) is 0.661. The van der Waals surface area contributed by atoms with Crippen molar-refractivity contribution >= 4 is 5.69 Å². The van der Waals surface area contributed by atoms with Gasteiger partial charge in [0.2, 0.25) is 0 Å². The average Bonchev–Trinajstić information content (AvgIpc) is 2.39. The Morgan fingerprint density at radius 3 is 2.53 bits per heavy atom. The van der Waals surface area contributed by atoms with Crippen LogP contribution < -0.4 is 5.32 Å². The lowest BCUT2D eigenvalue weighted by Crippen LogP contribution is -2.11. The summed E-state index contributed by atoms with van der Waals surface area (Å²) in [5.41, 5.74) is 0.908. The summed E-state index contributed by atoms with van der Waals surface area (Å²) in [7, 11) is 0. The molecule has 0 aliphatic carbocycles. The fourth-order valence-corrected chi connectivity index (χ4v) is 1.98. The quantitative estimate of drug-likeness (QED) is 0.865. The third kappa shape index (κ3) is 3.02. The summed E-state index contributed by atoms with van der Waals surface area (Å²) in [6.45, 7) is 1.92. The van der Waals surface area contributed by atoms with Gasteiger partial charge in [-0.15, -0.1) is 0 Å². The average molecular weight is 263 g/mol. The van der Waals surface area contributed by atoms with E-state index in [1.807, 2.05) is 6.92 Å². The number of para-hydroxylation sites is 1. The molecular weight excluding hydrogens is 248 g/mol. The Hall–Kier alpha value is -2.10. The number of rotatable bonds is 4. The highest BCUT2D eigenvalue weighted by Gasteiger charge is 2.14. The van der Waals surface area contributed by atoms with E-state index in [4.69, 9.17) is 0 Å².